The normalized spacial score (nSPS) is 10.5. The molecule has 0 saturated heterocycles. The third-order valence-electron chi connectivity index (χ3n) is 3.48. The molecular formula is C19H23N3O2. The second-order valence-corrected chi connectivity index (χ2v) is 6.06. The Morgan fingerprint density at radius 3 is 2.62 bits per heavy atom. The summed E-state index contributed by atoms with van der Waals surface area (Å²) in [5.74, 6) is 0.0741. The highest BCUT2D eigenvalue weighted by atomic mass is 16.2. The summed E-state index contributed by atoms with van der Waals surface area (Å²) >= 11 is 0. The van der Waals surface area contributed by atoms with Crippen LogP contribution in [0.25, 0.3) is 0 Å². The van der Waals surface area contributed by atoms with Crippen LogP contribution in [-0.2, 0) is 11.2 Å². The second-order valence-electron chi connectivity index (χ2n) is 6.06. The lowest BCUT2D eigenvalue weighted by Gasteiger charge is -2.12. The lowest BCUT2D eigenvalue weighted by molar-refractivity contribution is -0.116. The molecule has 1 aromatic heterocycles. The van der Waals surface area contributed by atoms with Crippen LogP contribution in [0.3, 0.4) is 0 Å². The van der Waals surface area contributed by atoms with Crippen LogP contribution in [0.5, 0.6) is 0 Å². The van der Waals surface area contributed by atoms with Crippen molar-refractivity contribution < 1.29 is 9.59 Å². The van der Waals surface area contributed by atoms with Gasteiger partial charge in [0.25, 0.3) is 5.91 Å². The molecule has 2 rings (SSSR count). The summed E-state index contributed by atoms with van der Waals surface area (Å²) in [6.45, 7) is 4.67. The van der Waals surface area contributed by atoms with Crippen molar-refractivity contribution in [3.63, 3.8) is 0 Å². The van der Waals surface area contributed by atoms with Crippen LogP contribution in [0.2, 0.25) is 0 Å². The van der Waals surface area contributed by atoms with E-state index in [0.717, 1.165) is 5.56 Å². The molecule has 126 valence electrons. The Morgan fingerprint density at radius 1 is 1.12 bits per heavy atom. The van der Waals surface area contributed by atoms with Gasteiger partial charge >= 0.3 is 0 Å². The molecular weight excluding hydrogens is 302 g/mol. The Morgan fingerprint density at radius 2 is 1.92 bits per heavy atom. The van der Waals surface area contributed by atoms with Crippen LogP contribution >= 0.6 is 0 Å². The van der Waals surface area contributed by atoms with Crippen molar-refractivity contribution in [1.82, 2.24) is 10.3 Å². The van der Waals surface area contributed by atoms with Gasteiger partial charge in [0.05, 0.1) is 11.3 Å². The van der Waals surface area contributed by atoms with Crippen molar-refractivity contribution in [3.05, 3.63) is 59.9 Å². The van der Waals surface area contributed by atoms with Crippen LogP contribution in [0.1, 0.15) is 36.2 Å². The fraction of sp³-hybridized carbons (Fsp3) is 0.316. The lowest BCUT2D eigenvalue weighted by atomic mass is 10.1. The molecule has 0 saturated carbocycles. The number of benzene rings is 1. The van der Waals surface area contributed by atoms with Gasteiger partial charge in [-0.2, -0.15) is 0 Å². The summed E-state index contributed by atoms with van der Waals surface area (Å²) in [4.78, 5) is 28.5. The van der Waals surface area contributed by atoms with Gasteiger partial charge in [0.2, 0.25) is 5.91 Å². The number of para-hydroxylation sites is 1. The standard InChI is InChI=1S/C19H23N3O2/c1-14(2)12-21-19(24)16-7-3-4-8-17(16)22-18(23)10-9-15-6-5-11-20-13-15/h3-8,11,13-14H,9-10,12H2,1-2H3,(H,21,24)(H,22,23). The number of pyridine rings is 1. The molecule has 2 N–H and O–H groups in total. The highest BCUT2D eigenvalue weighted by molar-refractivity contribution is 6.03. The molecule has 1 heterocycles. The number of nitrogens with zero attached hydrogens (tertiary/aromatic N) is 1. The maximum atomic E-state index is 12.3. The number of anilines is 1. The summed E-state index contributed by atoms with van der Waals surface area (Å²) in [6, 6.07) is 10.8. The van der Waals surface area contributed by atoms with Gasteiger partial charge in [0.1, 0.15) is 0 Å². The average Bonchev–Trinajstić information content (AvgIpc) is 2.59. The molecule has 0 aliphatic rings. The molecule has 1 aromatic carbocycles. The van der Waals surface area contributed by atoms with E-state index in [1.807, 2.05) is 26.0 Å². The quantitative estimate of drug-likeness (QED) is 0.822. The van der Waals surface area contributed by atoms with Crippen molar-refractivity contribution in [3.8, 4) is 0 Å². The largest absolute Gasteiger partial charge is 0.352 e. The predicted octanol–water partition coefficient (Wildman–Crippen LogP) is 3.04. The lowest BCUT2D eigenvalue weighted by Crippen LogP contribution is -2.28. The van der Waals surface area contributed by atoms with Crippen molar-refractivity contribution in [2.75, 3.05) is 11.9 Å². The number of aromatic nitrogens is 1. The Labute approximate surface area is 142 Å². The first-order valence-electron chi connectivity index (χ1n) is 8.12. The molecule has 2 amide bonds. The van der Waals surface area contributed by atoms with Gasteiger partial charge in [-0.3, -0.25) is 14.6 Å². The summed E-state index contributed by atoms with van der Waals surface area (Å²) in [7, 11) is 0. The minimum absolute atomic E-state index is 0.122. The van der Waals surface area contributed by atoms with Crippen molar-refractivity contribution >= 4 is 17.5 Å². The zero-order chi connectivity index (χ0) is 17.4. The minimum Gasteiger partial charge on any atom is -0.352 e. The number of carbonyl (C=O) groups excluding carboxylic acids is 2. The summed E-state index contributed by atoms with van der Waals surface area (Å²) < 4.78 is 0. The molecule has 24 heavy (non-hydrogen) atoms. The van der Waals surface area contributed by atoms with Gasteiger partial charge < -0.3 is 10.6 Å². The monoisotopic (exact) mass is 325 g/mol. The number of hydrogen-bond acceptors (Lipinski definition) is 3. The highest BCUT2D eigenvalue weighted by Gasteiger charge is 2.13. The molecule has 2 aromatic rings. The van der Waals surface area contributed by atoms with E-state index < -0.39 is 0 Å². The van der Waals surface area contributed by atoms with E-state index in [4.69, 9.17) is 0 Å². The van der Waals surface area contributed by atoms with Gasteiger partial charge in [-0.25, -0.2) is 0 Å². The Kier molecular flexibility index (Phi) is 6.49. The van der Waals surface area contributed by atoms with Crippen molar-refractivity contribution in [2.24, 2.45) is 5.92 Å². The molecule has 0 fully saturated rings. The number of aryl methyl sites for hydroxylation is 1. The van der Waals surface area contributed by atoms with E-state index in [9.17, 15) is 9.59 Å². The van der Waals surface area contributed by atoms with Crippen LogP contribution in [-0.4, -0.2) is 23.3 Å². The molecule has 0 spiro atoms. The first kappa shape index (κ1) is 17.7. The number of nitrogens with one attached hydrogen (secondary N) is 2. The maximum absolute atomic E-state index is 12.3. The third-order valence-corrected chi connectivity index (χ3v) is 3.48. The van der Waals surface area contributed by atoms with Gasteiger partial charge in [-0.05, 0) is 36.1 Å². The molecule has 0 unspecified atom stereocenters. The fourth-order valence-electron chi connectivity index (χ4n) is 2.20. The first-order chi connectivity index (χ1) is 11.6. The molecule has 0 aliphatic carbocycles. The molecule has 0 bridgehead atoms. The topological polar surface area (TPSA) is 71.1 Å². The number of rotatable bonds is 7. The van der Waals surface area contributed by atoms with Crippen LogP contribution < -0.4 is 10.6 Å². The molecule has 5 nitrogen and oxygen atoms in total. The Bertz CT molecular complexity index is 684. The smallest absolute Gasteiger partial charge is 0.253 e. The van der Waals surface area contributed by atoms with E-state index in [1.165, 1.54) is 0 Å². The summed E-state index contributed by atoms with van der Waals surface area (Å²) in [6.07, 6.45) is 4.41. The zero-order valence-electron chi connectivity index (χ0n) is 14.1. The summed E-state index contributed by atoms with van der Waals surface area (Å²) in [5, 5.41) is 5.70. The van der Waals surface area contributed by atoms with Gasteiger partial charge in [-0.15, -0.1) is 0 Å². The van der Waals surface area contributed by atoms with Crippen molar-refractivity contribution in [2.45, 2.75) is 26.7 Å². The minimum atomic E-state index is -0.174. The van der Waals surface area contributed by atoms with Gasteiger partial charge in [-0.1, -0.05) is 32.0 Å². The molecule has 0 radical (unpaired) electrons. The molecule has 5 heteroatoms. The second kappa shape index (κ2) is 8.82. The molecule has 0 atom stereocenters. The summed E-state index contributed by atoms with van der Waals surface area (Å²) in [5.41, 5.74) is 2.03. The third kappa shape index (κ3) is 5.50. The van der Waals surface area contributed by atoms with E-state index in [-0.39, 0.29) is 11.8 Å². The van der Waals surface area contributed by atoms with Gasteiger partial charge in [0.15, 0.2) is 0 Å². The SMILES string of the molecule is CC(C)CNC(=O)c1ccccc1NC(=O)CCc1cccnc1. The Balaban J connectivity index is 1.96. The number of carbonyl (C=O) groups is 2. The number of amides is 2. The van der Waals surface area contributed by atoms with Crippen LogP contribution in [0, 0.1) is 5.92 Å². The van der Waals surface area contributed by atoms with Crippen molar-refractivity contribution in [1.29, 1.82) is 0 Å². The predicted molar refractivity (Wildman–Crippen MR) is 94.8 cm³/mol. The number of hydrogen-bond donors (Lipinski definition) is 2. The fourth-order valence-corrected chi connectivity index (χ4v) is 2.20. The van der Waals surface area contributed by atoms with E-state index in [0.29, 0.717) is 36.6 Å². The van der Waals surface area contributed by atoms with E-state index in [1.54, 1.807) is 36.7 Å². The zero-order valence-corrected chi connectivity index (χ0v) is 14.1. The van der Waals surface area contributed by atoms with Crippen LogP contribution in [0.4, 0.5) is 5.69 Å². The van der Waals surface area contributed by atoms with E-state index in [2.05, 4.69) is 15.6 Å². The average molecular weight is 325 g/mol. The molecule has 0 aliphatic heterocycles. The highest BCUT2D eigenvalue weighted by Crippen LogP contribution is 2.15. The van der Waals surface area contributed by atoms with Crippen LogP contribution in [0.15, 0.2) is 48.8 Å². The first-order valence-corrected chi connectivity index (χ1v) is 8.12. The maximum Gasteiger partial charge on any atom is 0.253 e. The van der Waals surface area contributed by atoms with Gasteiger partial charge in [0, 0.05) is 25.4 Å². The van der Waals surface area contributed by atoms with E-state index >= 15 is 0 Å². The Hall–Kier alpha value is -2.69.